The summed E-state index contributed by atoms with van der Waals surface area (Å²) < 4.78 is 0. The fourth-order valence-electron chi connectivity index (χ4n) is 3.87. The third kappa shape index (κ3) is 4.63. The van der Waals surface area contributed by atoms with Crippen molar-refractivity contribution in [3.8, 4) is 0 Å². The van der Waals surface area contributed by atoms with E-state index >= 15 is 0 Å². The second-order valence-corrected chi connectivity index (χ2v) is 7.36. The Morgan fingerprint density at radius 2 is 1.90 bits per heavy atom. The molecule has 1 saturated carbocycles. The van der Waals surface area contributed by atoms with Crippen LogP contribution < -0.4 is 5.32 Å². The van der Waals surface area contributed by atoms with Gasteiger partial charge in [-0.05, 0) is 74.9 Å². The van der Waals surface area contributed by atoms with Crippen LogP contribution in [0.15, 0.2) is 30.3 Å². The van der Waals surface area contributed by atoms with Gasteiger partial charge in [0.1, 0.15) is 0 Å². The molecule has 2 rings (SSSR count). The lowest BCUT2D eigenvalue weighted by atomic mass is 9.66. The molecule has 1 aromatic carbocycles. The Hall–Kier alpha value is -0.820. The van der Waals surface area contributed by atoms with E-state index in [1.54, 1.807) is 0 Å². The Labute approximate surface area is 125 Å². The summed E-state index contributed by atoms with van der Waals surface area (Å²) in [4.78, 5) is 0. The first kappa shape index (κ1) is 15.6. The highest BCUT2D eigenvalue weighted by molar-refractivity contribution is 5.14. The Morgan fingerprint density at radius 3 is 2.60 bits per heavy atom. The zero-order valence-corrected chi connectivity index (χ0v) is 13.5. The number of aryl methyl sites for hydroxylation is 1. The molecule has 1 nitrogen and oxygen atoms in total. The molecule has 2 atom stereocenters. The minimum Gasteiger partial charge on any atom is -0.319 e. The molecule has 1 aliphatic carbocycles. The molecule has 0 amide bonds. The maximum atomic E-state index is 3.40. The molecule has 0 aliphatic heterocycles. The summed E-state index contributed by atoms with van der Waals surface area (Å²) in [5.74, 6) is 1.80. The summed E-state index contributed by atoms with van der Waals surface area (Å²) in [7, 11) is 2.10. The minimum atomic E-state index is 0.557. The van der Waals surface area contributed by atoms with Crippen molar-refractivity contribution in [3.05, 3.63) is 35.9 Å². The zero-order chi connectivity index (χ0) is 14.4. The van der Waals surface area contributed by atoms with Crippen molar-refractivity contribution in [2.45, 2.75) is 52.4 Å². The number of nitrogens with one attached hydrogen (secondary N) is 1. The van der Waals surface area contributed by atoms with Crippen LogP contribution in [-0.2, 0) is 6.42 Å². The summed E-state index contributed by atoms with van der Waals surface area (Å²) in [5, 5.41) is 3.40. The fraction of sp³-hybridized carbons (Fsp3) is 0.684. The van der Waals surface area contributed by atoms with Crippen LogP contribution in [0.5, 0.6) is 0 Å². The van der Waals surface area contributed by atoms with E-state index in [0.717, 1.165) is 11.8 Å². The van der Waals surface area contributed by atoms with Gasteiger partial charge in [-0.3, -0.25) is 0 Å². The van der Waals surface area contributed by atoms with Crippen LogP contribution in [0.2, 0.25) is 0 Å². The number of rotatable bonds is 6. The maximum absolute atomic E-state index is 3.40. The van der Waals surface area contributed by atoms with Crippen LogP contribution in [-0.4, -0.2) is 13.6 Å². The average molecular weight is 273 g/mol. The van der Waals surface area contributed by atoms with Gasteiger partial charge < -0.3 is 5.32 Å². The van der Waals surface area contributed by atoms with Crippen LogP contribution in [0, 0.1) is 17.3 Å². The van der Waals surface area contributed by atoms with E-state index in [-0.39, 0.29) is 0 Å². The molecule has 1 N–H and O–H groups in total. The summed E-state index contributed by atoms with van der Waals surface area (Å²) in [6.07, 6.45) is 8.19. The van der Waals surface area contributed by atoms with Crippen LogP contribution in [0.1, 0.15) is 51.5 Å². The molecule has 0 saturated heterocycles. The minimum absolute atomic E-state index is 0.557. The van der Waals surface area contributed by atoms with Gasteiger partial charge in [0.25, 0.3) is 0 Å². The van der Waals surface area contributed by atoms with E-state index in [0.29, 0.717) is 5.41 Å². The zero-order valence-electron chi connectivity index (χ0n) is 13.5. The molecule has 0 spiro atoms. The predicted octanol–water partition coefficient (Wildman–Crippen LogP) is 4.67. The van der Waals surface area contributed by atoms with Gasteiger partial charge in [0.05, 0.1) is 0 Å². The van der Waals surface area contributed by atoms with Crippen LogP contribution in [0.25, 0.3) is 0 Å². The molecule has 1 aliphatic rings. The van der Waals surface area contributed by atoms with Crippen molar-refractivity contribution >= 4 is 0 Å². The van der Waals surface area contributed by atoms with E-state index in [4.69, 9.17) is 0 Å². The van der Waals surface area contributed by atoms with Gasteiger partial charge in [0.15, 0.2) is 0 Å². The quantitative estimate of drug-likeness (QED) is 0.794. The van der Waals surface area contributed by atoms with Gasteiger partial charge >= 0.3 is 0 Å². The molecule has 0 radical (unpaired) electrons. The lowest BCUT2D eigenvalue weighted by Gasteiger charge is -2.41. The van der Waals surface area contributed by atoms with Crippen LogP contribution in [0.3, 0.4) is 0 Å². The van der Waals surface area contributed by atoms with Crippen molar-refractivity contribution < 1.29 is 0 Å². The largest absolute Gasteiger partial charge is 0.319 e. The third-order valence-electron chi connectivity index (χ3n) is 5.02. The Balaban J connectivity index is 1.84. The molecular formula is C19H31N. The lowest BCUT2D eigenvalue weighted by molar-refractivity contribution is 0.109. The molecule has 112 valence electrons. The molecule has 20 heavy (non-hydrogen) atoms. The van der Waals surface area contributed by atoms with Crippen molar-refractivity contribution in [2.24, 2.45) is 17.3 Å². The van der Waals surface area contributed by atoms with Crippen LogP contribution in [0.4, 0.5) is 0 Å². The molecular weight excluding hydrogens is 242 g/mol. The Bertz CT molecular complexity index is 382. The van der Waals surface area contributed by atoms with Crippen molar-refractivity contribution in [1.29, 1.82) is 0 Å². The summed E-state index contributed by atoms with van der Waals surface area (Å²) in [6.45, 7) is 6.10. The van der Waals surface area contributed by atoms with Crippen molar-refractivity contribution in [1.82, 2.24) is 5.32 Å². The maximum Gasteiger partial charge on any atom is -0.00209 e. The number of hydrogen-bond acceptors (Lipinski definition) is 1. The smallest absolute Gasteiger partial charge is 0.00209 e. The molecule has 0 aromatic heterocycles. The SMILES string of the molecule is CNCC1CCC(C)(C)CC1CCCc1ccccc1. The standard InChI is InChI=1S/C19H31N/c1-19(2)13-12-18(15-20-3)17(14-19)11-7-10-16-8-5-4-6-9-16/h4-6,8-9,17-18,20H,7,10-15H2,1-3H3. The number of benzene rings is 1. The van der Waals surface area contributed by atoms with Gasteiger partial charge in [-0.2, -0.15) is 0 Å². The Kier molecular flexibility index (Phi) is 5.65. The Morgan fingerprint density at radius 1 is 1.15 bits per heavy atom. The number of hydrogen-bond donors (Lipinski definition) is 1. The van der Waals surface area contributed by atoms with Gasteiger partial charge in [0.2, 0.25) is 0 Å². The van der Waals surface area contributed by atoms with E-state index in [1.807, 2.05) is 0 Å². The summed E-state index contributed by atoms with van der Waals surface area (Å²) in [6, 6.07) is 10.9. The highest BCUT2D eigenvalue weighted by Gasteiger charge is 2.33. The molecule has 1 fully saturated rings. The average Bonchev–Trinajstić information content (AvgIpc) is 2.43. The van der Waals surface area contributed by atoms with E-state index in [2.05, 4.69) is 56.5 Å². The van der Waals surface area contributed by atoms with E-state index < -0.39 is 0 Å². The summed E-state index contributed by atoms with van der Waals surface area (Å²) in [5.41, 5.74) is 2.05. The van der Waals surface area contributed by atoms with Gasteiger partial charge in [-0.1, -0.05) is 44.2 Å². The first-order valence-corrected chi connectivity index (χ1v) is 8.29. The van der Waals surface area contributed by atoms with Crippen molar-refractivity contribution in [2.75, 3.05) is 13.6 Å². The summed E-state index contributed by atoms with van der Waals surface area (Å²) >= 11 is 0. The van der Waals surface area contributed by atoms with Gasteiger partial charge in [-0.25, -0.2) is 0 Å². The first-order chi connectivity index (χ1) is 9.61. The van der Waals surface area contributed by atoms with Gasteiger partial charge in [-0.15, -0.1) is 0 Å². The van der Waals surface area contributed by atoms with E-state index in [1.165, 1.54) is 50.6 Å². The monoisotopic (exact) mass is 273 g/mol. The second-order valence-electron chi connectivity index (χ2n) is 7.36. The molecule has 0 bridgehead atoms. The van der Waals surface area contributed by atoms with Crippen molar-refractivity contribution in [3.63, 3.8) is 0 Å². The van der Waals surface area contributed by atoms with Crippen LogP contribution >= 0.6 is 0 Å². The second kappa shape index (κ2) is 7.26. The third-order valence-corrected chi connectivity index (χ3v) is 5.02. The molecule has 0 heterocycles. The highest BCUT2D eigenvalue weighted by Crippen LogP contribution is 2.43. The van der Waals surface area contributed by atoms with Gasteiger partial charge in [0, 0.05) is 0 Å². The molecule has 1 heteroatoms. The van der Waals surface area contributed by atoms with E-state index in [9.17, 15) is 0 Å². The topological polar surface area (TPSA) is 12.0 Å². The predicted molar refractivity (Wildman–Crippen MR) is 87.9 cm³/mol. The molecule has 1 aromatic rings. The molecule has 2 unspecified atom stereocenters. The fourth-order valence-corrected chi connectivity index (χ4v) is 3.87. The highest BCUT2D eigenvalue weighted by atomic mass is 14.8. The first-order valence-electron chi connectivity index (χ1n) is 8.29. The normalized spacial score (nSPS) is 25.6. The lowest BCUT2D eigenvalue weighted by Crippen LogP contribution is -2.35.